The van der Waals surface area contributed by atoms with Crippen molar-refractivity contribution in [1.29, 1.82) is 0 Å². The number of halogens is 1. The highest BCUT2D eigenvalue weighted by molar-refractivity contribution is 6.31. The van der Waals surface area contributed by atoms with Crippen molar-refractivity contribution < 1.29 is 4.79 Å². The van der Waals surface area contributed by atoms with Crippen LogP contribution in [0.3, 0.4) is 0 Å². The SMILES string of the molecule is CCn1cc(Cl)cc1C(=O)N1CCCNCC1. The van der Waals surface area contributed by atoms with Gasteiger partial charge >= 0.3 is 0 Å². The number of rotatable bonds is 2. The molecule has 0 unspecified atom stereocenters. The van der Waals surface area contributed by atoms with E-state index in [1.165, 1.54) is 0 Å². The third kappa shape index (κ3) is 2.82. The van der Waals surface area contributed by atoms with Crippen LogP contribution >= 0.6 is 11.6 Å². The standard InChI is InChI=1S/C12H18ClN3O/c1-2-15-9-10(13)8-11(15)12(17)16-6-3-4-14-5-7-16/h8-9,14H,2-7H2,1H3. The van der Waals surface area contributed by atoms with Gasteiger partial charge in [-0.3, -0.25) is 4.79 Å². The summed E-state index contributed by atoms with van der Waals surface area (Å²) < 4.78 is 1.91. The largest absolute Gasteiger partial charge is 0.342 e. The molecule has 0 atom stereocenters. The molecule has 1 aliphatic heterocycles. The molecule has 1 fully saturated rings. The topological polar surface area (TPSA) is 37.3 Å². The van der Waals surface area contributed by atoms with E-state index in [9.17, 15) is 4.79 Å². The first-order valence-electron chi connectivity index (χ1n) is 6.08. The minimum Gasteiger partial charge on any atom is -0.342 e. The maximum Gasteiger partial charge on any atom is 0.270 e. The van der Waals surface area contributed by atoms with E-state index in [4.69, 9.17) is 11.6 Å². The zero-order valence-electron chi connectivity index (χ0n) is 10.1. The van der Waals surface area contributed by atoms with Crippen molar-refractivity contribution in [3.63, 3.8) is 0 Å². The molecule has 0 radical (unpaired) electrons. The number of aryl methyl sites for hydroxylation is 1. The van der Waals surface area contributed by atoms with Crippen molar-refractivity contribution in [3.05, 3.63) is 23.0 Å². The molecule has 1 saturated heterocycles. The second-order valence-corrected chi connectivity index (χ2v) is 4.66. The molecule has 0 aromatic carbocycles. The van der Waals surface area contributed by atoms with Gasteiger partial charge in [0.05, 0.1) is 5.02 Å². The summed E-state index contributed by atoms with van der Waals surface area (Å²) in [4.78, 5) is 14.3. The van der Waals surface area contributed by atoms with E-state index in [1.807, 2.05) is 22.6 Å². The summed E-state index contributed by atoms with van der Waals surface area (Å²) in [5.41, 5.74) is 0.694. The maximum absolute atomic E-state index is 12.4. The van der Waals surface area contributed by atoms with Gasteiger partial charge in [0.2, 0.25) is 0 Å². The first-order valence-corrected chi connectivity index (χ1v) is 6.46. The molecular formula is C12H18ClN3O. The molecule has 0 spiro atoms. The second kappa shape index (κ2) is 5.56. The number of carbonyl (C=O) groups excluding carboxylic acids is 1. The van der Waals surface area contributed by atoms with Crippen LogP contribution in [0.25, 0.3) is 0 Å². The van der Waals surface area contributed by atoms with E-state index in [0.29, 0.717) is 10.7 Å². The Labute approximate surface area is 107 Å². The number of hydrogen-bond acceptors (Lipinski definition) is 2. The van der Waals surface area contributed by atoms with E-state index in [2.05, 4.69) is 5.32 Å². The molecule has 1 N–H and O–H groups in total. The molecule has 1 aliphatic rings. The van der Waals surface area contributed by atoms with Crippen molar-refractivity contribution in [2.45, 2.75) is 19.9 Å². The molecule has 5 heteroatoms. The molecule has 1 aromatic rings. The molecule has 0 bridgehead atoms. The summed E-state index contributed by atoms with van der Waals surface area (Å²) >= 11 is 5.96. The van der Waals surface area contributed by atoms with Gasteiger partial charge in [-0.2, -0.15) is 0 Å². The molecule has 0 aliphatic carbocycles. The number of hydrogen-bond donors (Lipinski definition) is 1. The summed E-state index contributed by atoms with van der Waals surface area (Å²) in [5.74, 6) is 0.0856. The predicted octanol–water partition coefficient (Wildman–Crippen LogP) is 1.60. The van der Waals surface area contributed by atoms with Crippen LogP contribution in [-0.2, 0) is 6.54 Å². The van der Waals surface area contributed by atoms with Gasteiger partial charge in [0.25, 0.3) is 5.91 Å². The summed E-state index contributed by atoms with van der Waals surface area (Å²) in [5, 5.41) is 3.92. The van der Waals surface area contributed by atoms with E-state index in [0.717, 1.165) is 39.1 Å². The van der Waals surface area contributed by atoms with Crippen LogP contribution in [0.2, 0.25) is 5.02 Å². The van der Waals surface area contributed by atoms with Crippen molar-refractivity contribution in [1.82, 2.24) is 14.8 Å². The molecule has 17 heavy (non-hydrogen) atoms. The van der Waals surface area contributed by atoms with Crippen molar-refractivity contribution >= 4 is 17.5 Å². The predicted molar refractivity (Wildman–Crippen MR) is 68.5 cm³/mol. The Morgan fingerprint density at radius 2 is 2.29 bits per heavy atom. The van der Waals surface area contributed by atoms with Gasteiger partial charge in [-0.1, -0.05) is 11.6 Å². The summed E-state index contributed by atoms with van der Waals surface area (Å²) in [6.45, 7) is 6.21. The molecule has 1 amide bonds. The third-order valence-electron chi connectivity index (χ3n) is 3.05. The Kier molecular flexibility index (Phi) is 4.07. The third-order valence-corrected chi connectivity index (χ3v) is 3.26. The van der Waals surface area contributed by atoms with Gasteiger partial charge in [0.15, 0.2) is 0 Å². The van der Waals surface area contributed by atoms with E-state index >= 15 is 0 Å². The Hall–Kier alpha value is -1.00. The van der Waals surface area contributed by atoms with Gasteiger partial charge in [-0.15, -0.1) is 0 Å². The molecule has 4 nitrogen and oxygen atoms in total. The fourth-order valence-electron chi connectivity index (χ4n) is 2.13. The zero-order valence-corrected chi connectivity index (χ0v) is 10.8. The highest BCUT2D eigenvalue weighted by atomic mass is 35.5. The Morgan fingerprint density at radius 3 is 3.06 bits per heavy atom. The highest BCUT2D eigenvalue weighted by Gasteiger charge is 2.20. The van der Waals surface area contributed by atoms with Gasteiger partial charge in [-0.25, -0.2) is 0 Å². The van der Waals surface area contributed by atoms with Crippen molar-refractivity contribution in [2.24, 2.45) is 0 Å². The van der Waals surface area contributed by atoms with Crippen LogP contribution < -0.4 is 5.32 Å². The molecule has 1 aromatic heterocycles. The Bertz CT molecular complexity index is 394. The average molecular weight is 256 g/mol. The van der Waals surface area contributed by atoms with Gasteiger partial charge in [-0.05, 0) is 26.0 Å². The highest BCUT2D eigenvalue weighted by Crippen LogP contribution is 2.16. The molecule has 94 valence electrons. The van der Waals surface area contributed by atoms with Crippen LogP contribution in [0.1, 0.15) is 23.8 Å². The fourth-order valence-corrected chi connectivity index (χ4v) is 2.35. The van der Waals surface area contributed by atoms with Crippen LogP contribution in [0.15, 0.2) is 12.3 Å². The fraction of sp³-hybridized carbons (Fsp3) is 0.583. The van der Waals surface area contributed by atoms with Crippen molar-refractivity contribution in [2.75, 3.05) is 26.2 Å². The van der Waals surface area contributed by atoms with Crippen LogP contribution in [-0.4, -0.2) is 41.6 Å². The summed E-state index contributed by atoms with van der Waals surface area (Å²) in [6, 6.07) is 1.76. The number of nitrogens with zero attached hydrogens (tertiary/aromatic N) is 2. The van der Waals surface area contributed by atoms with E-state index in [1.54, 1.807) is 6.07 Å². The Morgan fingerprint density at radius 1 is 1.47 bits per heavy atom. The van der Waals surface area contributed by atoms with Crippen LogP contribution in [0.4, 0.5) is 0 Å². The van der Waals surface area contributed by atoms with Crippen molar-refractivity contribution in [3.8, 4) is 0 Å². The quantitative estimate of drug-likeness (QED) is 0.872. The lowest BCUT2D eigenvalue weighted by Crippen LogP contribution is -2.35. The second-order valence-electron chi connectivity index (χ2n) is 4.23. The first kappa shape index (κ1) is 12.5. The summed E-state index contributed by atoms with van der Waals surface area (Å²) in [7, 11) is 0. The lowest BCUT2D eigenvalue weighted by molar-refractivity contribution is 0.0755. The van der Waals surface area contributed by atoms with Gasteiger partial charge in [0.1, 0.15) is 5.69 Å². The minimum absolute atomic E-state index is 0.0856. The van der Waals surface area contributed by atoms with Gasteiger partial charge in [0, 0.05) is 32.4 Å². The van der Waals surface area contributed by atoms with Crippen LogP contribution in [0, 0.1) is 0 Å². The smallest absolute Gasteiger partial charge is 0.270 e. The number of aromatic nitrogens is 1. The number of amides is 1. The molecular weight excluding hydrogens is 238 g/mol. The number of nitrogens with one attached hydrogen (secondary N) is 1. The molecule has 0 saturated carbocycles. The lowest BCUT2D eigenvalue weighted by Gasteiger charge is -2.20. The summed E-state index contributed by atoms with van der Waals surface area (Å²) in [6.07, 6.45) is 2.82. The maximum atomic E-state index is 12.4. The normalized spacial score (nSPS) is 16.9. The zero-order chi connectivity index (χ0) is 12.3. The number of carbonyl (C=O) groups is 1. The Balaban J connectivity index is 2.17. The molecule has 2 rings (SSSR count). The lowest BCUT2D eigenvalue weighted by atomic mass is 10.3. The average Bonchev–Trinajstić information content (AvgIpc) is 2.55. The van der Waals surface area contributed by atoms with E-state index < -0.39 is 0 Å². The minimum atomic E-state index is 0.0856. The molecule has 2 heterocycles. The van der Waals surface area contributed by atoms with Gasteiger partial charge < -0.3 is 14.8 Å². The van der Waals surface area contributed by atoms with E-state index in [-0.39, 0.29) is 5.91 Å². The first-order chi connectivity index (χ1) is 8.22. The monoisotopic (exact) mass is 255 g/mol. The van der Waals surface area contributed by atoms with Crippen LogP contribution in [0.5, 0.6) is 0 Å².